The maximum atomic E-state index is 10.9. The van der Waals surface area contributed by atoms with Crippen LogP contribution in [-0.4, -0.2) is 33.5 Å². The molecule has 1 fully saturated rings. The molecule has 0 heterocycles. The predicted octanol–water partition coefficient (Wildman–Crippen LogP) is 1.20. The molecule has 1 N–H and O–H groups in total. The summed E-state index contributed by atoms with van der Waals surface area (Å²) in [5.41, 5.74) is 0.437. The molecule has 0 spiro atoms. The minimum absolute atomic E-state index is 0.321. The maximum Gasteiger partial charge on any atom is 0.147 e. The van der Waals surface area contributed by atoms with Gasteiger partial charge in [0.2, 0.25) is 0 Å². The predicted molar refractivity (Wildman–Crippen MR) is 59.1 cm³/mol. The summed E-state index contributed by atoms with van der Waals surface area (Å²) in [4.78, 5) is 0. The van der Waals surface area contributed by atoms with Gasteiger partial charge in [-0.25, -0.2) is 8.42 Å². The molecule has 1 aliphatic rings. The van der Waals surface area contributed by atoms with Gasteiger partial charge in [-0.1, -0.05) is 6.92 Å². The molecule has 14 heavy (non-hydrogen) atoms. The summed E-state index contributed by atoms with van der Waals surface area (Å²) >= 11 is 0. The van der Waals surface area contributed by atoms with Crippen LogP contribution in [0.1, 0.15) is 32.6 Å². The highest BCUT2D eigenvalue weighted by atomic mass is 32.2. The molecule has 1 atom stereocenters. The quantitative estimate of drug-likeness (QED) is 0.730. The highest BCUT2D eigenvalue weighted by Gasteiger charge is 2.43. The van der Waals surface area contributed by atoms with E-state index < -0.39 is 9.84 Å². The van der Waals surface area contributed by atoms with Gasteiger partial charge < -0.3 is 5.32 Å². The second kappa shape index (κ2) is 4.19. The minimum Gasteiger partial charge on any atom is -0.316 e. The third-order valence-corrected chi connectivity index (χ3v) is 4.27. The molecular weight excluding hydrogens is 198 g/mol. The molecule has 0 amide bonds. The van der Waals surface area contributed by atoms with Crippen molar-refractivity contribution >= 4 is 9.84 Å². The fourth-order valence-corrected chi connectivity index (χ4v) is 2.63. The number of sulfone groups is 1. The zero-order valence-electron chi connectivity index (χ0n) is 9.34. The van der Waals surface area contributed by atoms with E-state index in [1.165, 1.54) is 19.1 Å². The lowest BCUT2D eigenvalue weighted by molar-refractivity contribution is 0.355. The first-order valence-corrected chi connectivity index (χ1v) is 7.28. The van der Waals surface area contributed by atoms with E-state index in [0.29, 0.717) is 17.2 Å². The average molecular weight is 219 g/mol. The fraction of sp³-hybridized carbons (Fsp3) is 1.00. The Labute approximate surface area is 87.2 Å². The molecule has 1 unspecified atom stereocenters. The molecule has 0 saturated heterocycles. The number of rotatable bonds is 6. The first-order chi connectivity index (χ1) is 6.37. The Balaban J connectivity index is 2.29. The van der Waals surface area contributed by atoms with Crippen molar-refractivity contribution in [3.05, 3.63) is 0 Å². The zero-order chi connectivity index (χ0) is 10.8. The van der Waals surface area contributed by atoms with Crippen molar-refractivity contribution in [1.29, 1.82) is 0 Å². The summed E-state index contributed by atoms with van der Waals surface area (Å²) in [6.45, 7) is 2.27. The van der Waals surface area contributed by atoms with Crippen molar-refractivity contribution in [2.24, 2.45) is 5.41 Å². The van der Waals surface area contributed by atoms with Gasteiger partial charge in [-0.3, -0.25) is 0 Å². The third kappa shape index (κ3) is 3.58. The molecule has 1 aliphatic carbocycles. The lowest BCUT2D eigenvalue weighted by Gasteiger charge is -2.22. The normalized spacial score (nSPS) is 21.9. The van der Waals surface area contributed by atoms with Gasteiger partial charge in [-0.05, 0) is 38.1 Å². The van der Waals surface area contributed by atoms with E-state index in [1.54, 1.807) is 0 Å². The van der Waals surface area contributed by atoms with E-state index in [0.717, 1.165) is 12.8 Å². The number of hydrogen-bond acceptors (Lipinski definition) is 3. The van der Waals surface area contributed by atoms with Crippen molar-refractivity contribution in [1.82, 2.24) is 5.32 Å². The molecular formula is C10H21NO2S. The molecule has 0 aromatic heterocycles. The average Bonchev–Trinajstić information content (AvgIpc) is 2.76. The molecule has 0 aliphatic heterocycles. The van der Waals surface area contributed by atoms with Crippen LogP contribution in [0.25, 0.3) is 0 Å². The van der Waals surface area contributed by atoms with Crippen molar-refractivity contribution in [2.45, 2.75) is 38.6 Å². The smallest absolute Gasteiger partial charge is 0.147 e. The van der Waals surface area contributed by atoms with Crippen LogP contribution >= 0.6 is 0 Å². The van der Waals surface area contributed by atoms with Crippen LogP contribution in [0.15, 0.2) is 0 Å². The van der Waals surface area contributed by atoms with Crippen molar-refractivity contribution in [2.75, 3.05) is 19.1 Å². The first kappa shape index (κ1) is 12.0. The second-order valence-electron chi connectivity index (χ2n) is 4.77. The van der Waals surface area contributed by atoms with Gasteiger partial charge in [0.15, 0.2) is 0 Å². The van der Waals surface area contributed by atoms with Crippen LogP contribution in [0.3, 0.4) is 0 Å². The Morgan fingerprint density at radius 1 is 1.43 bits per heavy atom. The van der Waals surface area contributed by atoms with Crippen LogP contribution < -0.4 is 5.32 Å². The van der Waals surface area contributed by atoms with Crippen LogP contribution in [0, 0.1) is 5.41 Å². The van der Waals surface area contributed by atoms with E-state index in [2.05, 4.69) is 12.2 Å². The summed E-state index contributed by atoms with van der Waals surface area (Å²) in [5.74, 6) is 0.321. The Kier molecular flexibility index (Phi) is 3.58. The van der Waals surface area contributed by atoms with Crippen molar-refractivity contribution in [3.63, 3.8) is 0 Å². The van der Waals surface area contributed by atoms with Crippen LogP contribution in [0.4, 0.5) is 0 Å². The molecule has 0 aromatic rings. The summed E-state index contributed by atoms with van der Waals surface area (Å²) in [5, 5.41) is 3.30. The van der Waals surface area contributed by atoms with Gasteiger partial charge in [0.25, 0.3) is 0 Å². The van der Waals surface area contributed by atoms with E-state index in [9.17, 15) is 8.42 Å². The summed E-state index contributed by atoms with van der Waals surface area (Å²) in [6, 6.07) is 0.490. The van der Waals surface area contributed by atoms with Crippen LogP contribution in [-0.2, 0) is 9.84 Å². The van der Waals surface area contributed by atoms with Gasteiger partial charge >= 0.3 is 0 Å². The fourth-order valence-electron chi connectivity index (χ4n) is 1.94. The second-order valence-corrected chi connectivity index (χ2v) is 7.03. The lowest BCUT2D eigenvalue weighted by atomic mass is 9.95. The van der Waals surface area contributed by atoms with Gasteiger partial charge in [-0.2, -0.15) is 0 Å². The van der Waals surface area contributed by atoms with Crippen molar-refractivity contribution < 1.29 is 8.42 Å². The highest BCUT2D eigenvalue weighted by Crippen LogP contribution is 2.49. The third-order valence-electron chi connectivity index (χ3n) is 3.24. The van der Waals surface area contributed by atoms with Crippen LogP contribution in [0.2, 0.25) is 0 Å². The monoisotopic (exact) mass is 219 g/mol. The summed E-state index contributed by atoms with van der Waals surface area (Å²) < 4.78 is 21.9. The van der Waals surface area contributed by atoms with Crippen molar-refractivity contribution in [3.8, 4) is 0 Å². The molecule has 0 aromatic carbocycles. The summed E-state index contributed by atoms with van der Waals surface area (Å²) in [7, 11) is -0.814. The molecule has 0 radical (unpaired) electrons. The van der Waals surface area contributed by atoms with Gasteiger partial charge in [0, 0.05) is 18.1 Å². The minimum atomic E-state index is -2.78. The molecule has 1 rings (SSSR count). The molecule has 4 heteroatoms. The van der Waals surface area contributed by atoms with Gasteiger partial charge in [0.05, 0.1) is 0 Å². The Hall–Kier alpha value is -0.0900. The molecule has 3 nitrogen and oxygen atoms in total. The standard InChI is InChI=1S/C10H21NO2S/c1-10(6-7-10)9(11-2)5-4-8-14(3,12)13/h9,11H,4-8H2,1-3H3. The van der Waals surface area contributed by atoms with Gasteiger partial charge in [-0.15, -0.1) is 0 Å². The molecule has 84 valence electrons. The zero-order valence-corrected chi connectivity index (χ0v) is 10.2. The van der Waals surface area contributed by atoms with E-state index in [1.807, 2.05) is 7.05 Å². The number of hydrogen-bond donors (Lipinski definition) is 1. The largest absolute Gasteiger partial charge is 0.316 e. The SMILES string of the molecule is CNC(CCCS(C)(=O)=O)C1(C)CC1. The Morgan fingerprint density at radius 2 is 2.00 bits per heavy atom. The number of nitrogens with one attached hydrogen (secondary N) is 1. The topological polar surface area (TPSA) is 46.2 Å². The maximum absolute atomic E-state index is 10.9. The molecule has 0 bridgehead atoms. The lowest BCUT2D eigenvalue weighted by Crippen LogP contribution is -2.33. The van der Waals surface area contributed by atoms with Crippen LogP contribution in [0.5, 0.6) is 0 Å². The first-order valence-electron chi connectivity index (χ1n) is 5.22. The van der Waals surface area contributed by atoms with Gasteiger partial charge in [0.1, 0.15) is 9.84 Å². The Morgan fingerprint density at radius 3 is 2.36 bits per heavy atom. The highest BCUT2D eigenvalue weighted by molar-refractivity contribution is 7.90. The molecule has 1 saturated carbocycles. The van der Waals surface area contributed by atoms with E-state index in [-0.39, 0.29) is 0 Å². The summed E-state index contributed by atoms with van der Waals surface area (Å²) in [6.07, 6.45) is 5.61. The van der Waals surface area contributed by atoms with E-state index in [4.69, 9.17) is 0 Å². The van der Waals surface area contributed by atoms with E-state index >= 15 is 0 Å². The Bertz CT molecular complexity index is 280.